The number of benzene rings is 1. The van der Waals surface area contributed by atoms with E-state index in [-0.39, 0.29) is 40.6 Å². The minimum absolute atomic E-state index is 0. The average molecular weight is 438 g/mol. The molecule has 2 rings (SSSR count). The van der Waals surface area contributed by atoms with E-state index in [2.05, 4.69) is 96.7 Å². The molecule has 0 radical (unpaired) electrons. The number of hydrogen-bond donors (Lipinski definition) is 0. The SMILES string of the molecule is CCC(C)C1=C[C]([Ti+3])([Si](CC)(CC)c2ccccc2)C=C1.[Cl-].[Cl-].[Cl-]. The second kappa shape index (κ2) is 11.3. The Bertz CT molecular complexity index is 541. The van der Waals surface area contributed by atoms with Crippen molar-refractivity contribution < 1.29 is 57.7 Å². The van der Waals surface area contributed by atoms with Crippen molar-refractivity contribution in [2.75, 3.05) is 0 Å². The standard InChI is InChI=1S/C19H27Si.3ClH.Ti/c1-5-16(4)17-13-14-19(15-17)20(6-2,7-3)18-11-9-8-10-12-18;;;;/h8-16H,5-7H2,1-4H3;3*1H;/q;;;;+3/p-3. The molecule has 2 unspecified atom stereocenters. The van der Waals surface area contributed by atoms with Crippen LogP contribution in [-0.2, 0) is 20.4 Å². The van der Waals surface area contributed by atoms with Crippen molar-refractivity contribution in [2.45, 2.75) is 49.5 Å². The fraction of sp³-hybridized carbons (Fsp3) is 0.474. The summed E-state index contributed by atoms with van der Waals surface area (Å²) in [5.74, 6) is 0.680. The van der Waals surface area contributed by atoms with Crippen LogP contribution in [0.3, 0.4) is 0 Å². The normalized spacial score (nSPS) is 20.3. The Labute approximate surface area is 179 Å². The summed E-state index contributed by atoms with van der Waals surface area (Å²) >= 11 is 2.48. The van der Waals surface area contributed by atoms with Gasteiger partial charge < -0.3 is 37.2 Å². The maximum absolute atomic E-state index is 2.60. The molecule has 132 valence electrons. The van der Waals surface area contributed by atoms with Crippen LogP contribution in [0.4, 0.5) is 0 Å². The van der Waals surface area contributed by atoms with Crippen LogP contribution < -0.4 is 42.4 Å². The Morgan fingerprint density at radius 1 is 1.00 bits per heavy atom. The number of hydrogen-bond acceptors (Lipinski definition) is 0. The molecule has 0 heterocycles. The molecule has 0 spiro atoms. The van der Waals surface area contributed by atoms with Gasteiger partial charge in [0.1, 0.15) is 0 Å². The van der Waals surface area contributed by atoms with Crippen LogP contribution in [0, 0.1) is 5.92 Å². The van der Waals surface area contributed by atoms with Gasteiger partial charge in [-0.3, -0.25) is 0 Å². The first-order valence-corrected chi connectivity index (χ1v) is 11.4. The smallest absolute Gasteiger partial charge is 1.00 e. The zero-order chi connectivity index (χ0) is 15.5. The molecule has 1 aliphatic carbocycles. The fourth-order valence-electron chi connectivity index (χ4n) is 3.67. The van der Waals surface area contributed by atoms with Crippen molar-refractivity contribution in [2.24, 2.45) is 5.92 Å². The zero-order valence-electron chi connectivity index (χ0n) is 15.0. The van der Waals surface area contributed by atoms with E-state index >= 15 is 0 Å². The number of halogens is 3. The molecule has 0 amide bonds. The maximum Gasteiger partial charge on any atom is -1.00 e. The van der Waals surface area contributed by atoms with Gasteiger partial charge in [-0.15, -0.1) is 0 Å². The van der Waals surface area contributed by atoms with Gasteiger partial charge in [0.2, 0.25) is 0 Å². The molecule has 0 fully saturated rings. The van der Waals surface area contributed by atoms with Crippen molar-refractivity contribution in [3.8, 4) is 0 Å². The largest absolute Gasteiger partial charge is 1.00 e. The monoisotopic (exact) mass is 436 g/mol. The third-order valence-electron chi connectivity index (χ3n) is 5.44. The van der Waals surface area contributed by atoms with Crippen LogP contribution in [0.25, 0.3) is 0 Å². The summed E-state index contributed by atoms with van der Waals surface area (Å²) < 4.78 is 0.261. The molecule has 0 aliphatic heterocycles. The molecule has 0 saturated carbocycles. The molecular formula is C19H27Cl3SiTi. The summed E-state index contributed by atoms with van der Waals surface area (Å²) in [4.78, 5) is 0. The van der Waals surface area contributed by atoms with Crippen LogP contribution in [0.5, 0.6) is 0 Å². The summed E-state index contributed by atoms with van der Waals surface area (Å²) in [6, 6.07) is 13.9. The van der Waals surface area contributed by atoms with Crippen molar-refractivity contribution in [1.82, 2.24) is 0 Å². The number of rotatable bonds is 6. The molecule has 0 nitrogen and oxygen atoms in total. The first-order valence-electron chi connectivity index (χ1n) is 8.25. The minimum Gasteiger partial charge on any atom is -1.00 e. The van der Waals surface area contributed by atoms with Crippen molar-refractivity contribution >= 4 is 13.3 Å². The molecule has 1 aromatic rings. The van der Waals surface area contributed by atoms with Gasteiger partial charge in [-0.05, 0) is 0 Å². The van der Waals surface area contributed by atoms with E-state index in [1.54, 1.807) is 10.8 Å². The minimum atomic E-state index is -1.57. The van der Waals surface area contributed by atoms with Crippen molar-refractivity contribution in [3.05, 3.63) is 54.1 Å². The van der Waals surface area contributed by atoms with Crippen molar-refractivity contribution in [1.29, 1.82) is 0 Å². The third kappa shape index (κ3) is 4.81. The third-order valence-corrected chi connectivity index (χ3v) is 13.9. The van der Waals surface area contributed by atoms with Crippen LogP contribution >= 0.6 is 0 Å². The summed E-state index contributed by atoms with van der Waals surface area (Å²) in [5, 5.41) is 1.61. The van der Waals surface area contributed by atoms with Gasteiger partial charge in [-0.2, -0.15) is 0 Å². The van der Waals surface area contributed by atoms with Crippen LogP contribution in [0.15, 0.2) is 54.1 Å². The predicted octanol–water partition coefficient (Wildman–Crippen LogP) is -3.82. The van der Waals surface area contributed by atoms with Gasteiger partial charge in [0, 0.05) is 0 Å². The first kappa shape index (κ1) is 26.7. The topological polar surface area (TPSA) is 0 Å². The molecule has 0 bridgehead atoms. The molecule has 5 heteroatoms. The Morgan fingerprint density at radius 2 is 1.54 bits per heavy atom. The van der Waals surface area contributed by atoms with Gasteiger partial charge in [-0.25, -0.2) is 0 Å². The molecular weight excluding hydrogens is 411 g/mol. The van der Waals surface area contributed by atoms with Gasteiger partial charge >= 0.3 is 143 Å². The molecule has 1 aliphatic rings. The van der Waals surface area contributed by atoms with Crippen LogP contribution in [0.1, 0.15) is 34.1 Å². The van der Waals surface area contributed by atoms with Gasteiger partial charge in [0.15, 0.2) is 0 Å². The fourth-order valence-corrected chi connectivity index (χ4v) is 11.0. The van der Waals surface area contributed by atoms with Crippen molar-refractivity contribution in [3.63, 3.8) is 0 Å². The quantitative estimate of drug-likeness (QED) is 0.400. The van der Waals surface area contributed by atoms with E-state index in [1.807, 2.05) is 0 Å². The molecule has 2 atom stereocenters. The Balaban J connectivity index is 0. The van der Waals surface area contributed by atoms with E-state index in [0.29, 0.717) is 5.92 Å². The molecule has 0 saturated heterocycles. The predicted molar refractivity (Wildman–Crippen MR) is 92.2 cm³/mol. The average Bonchev–Trinajstić information content (AvgIpc) is 2.93. The van der Waals surface area contributed by atoms with Gasteiger partial charge in [0.25, 0.3) is 0 Å². The van der Waals surface area contributed by atoms with Crippen LogP contribution in [0.2, 0.25) is 15.4 Å². The van der Waals surface area contributed by atoms with E-state index in [0.717, 1.165) is 0 Å². The summed E-state index contributed by atoms with van der Waals surface area (Å²) in [5.41, 5.74) is 1.55. The Kier molecular flexibility index (Phi) is 12.5. The van der Waals surface area contributed by atoms with E-state index < -0.39 is 8.07 Å². The second-order valence-corrected chi connectivity index (χ2v) is 13.4. The van der Waals surface area contributed by atoms with E-state index in [4.69, 9.17) is 0 Å². The zero-order valence-corrected chi connectivity index (χ0v) is 19.8. The number of allylic oxidation sites excluding steroid dienone is 4. The summed E-state index contributed by atoms with van der Waals surface area (Å²) in [6.07, 6.45) is 8.75. The van der Waals surface area contributed by atoms with Gasteiger partial charge in [-0.1, -0.05) is 0 Å². The van der Waals surface area contributed by atoms with Crippen LogP contribution in [-0.4, -0.2) is 8.07 Å². The molecule has 1 aromatic carbocycles. The second-order valence-electron chi connectivity index (χ2n) is 6.31. The summed E-state index contributed by atoms with van der Waals surface area (Å²) in [6.45, 7) is 9.44. The molecule has 24 heavy (non-hydrogen) atoms. The first-order chi connectivity index (χ1) is 10.0. The molecule has 0 aromatic heterocycles. The molecule has 0 N–H and O–H groups in total. The van der Waals surface area contributed by atoms with E-state index in [1.165, 1.54) is 18.5 Å². The summed E-state index contributed by atoms with van der Waals surface area (Å²) in [7, 11) is -1.57. The van der Waals surface area contributed by atoms with E-state index in [9.17, 15) is 0 Å². The Hall–Kier alpha value is 0.501. The maximum atomic E-state index is 2.60. The Morgan fingerprint density at radius 3 is 2.00 bits per heavy atom. The van der Waals surface area contributed by atoms with Gasteiger partial charge in [0.05, 0.1) is 0 Å².